The summed E-state index contributed by atoms with van der Waals surface area (Å²) in [4.78, 5) is 16.1. The summed E-state index contributed by atoms with van der Waals surface area (Å²) in [5, 5.41) is 9.64. The van der Waals surface area contributed by atoms with Crippen molar-refractivity contribution in [1.29, 1.82) is 0 Å². The van der Waals surface area contributed by atoms with E-state index in [1.165, 1.54) is 11.1 Å². The molecule has 1 aromatic carbocycles. The van der Waals surface area contributed by atoms with Gasteiger partial charge in [0.2, 0.25) is 0 Å². The lowest BCUT2D eigenvalue weighted by atomic mass is 9.83. The van der Waals surface area contributed by atoms with E-state index in [2.05, 4.69) is 37.9 Å². The zero-order chi connectivity index (χ0) is 16.6. The first kappa shape index (κ1) is 15.5. The molecule has 0 spiro atoms. The van der Waals surface area contributed by atoms with Crippen LogP contribution >= 0.6 is 0 Å². The van der Waals surface area contributed by atoms with Gasteiger partial charge in [0.15, 0.2) is 0 Å². The van der Waals surface area contributed by atoms with Crippen molar-refractivity contribution in [1.82, 2.24) is 4.98 Å². The van der Waals surface area contributed by atoms with E-state index < -0.39 is 5.97 Å². The van der Waals surface area contributed by atoms with E-state index in [1.807, 2.05) is 24.3 Å². The number of carboxylic acid groups (broad SMARTS) is 1. The highest BCUT2D eigenvalue weighted by Crippen LogP contribution is 2.43. The smallest absolute Gasteiger partial charge is 0.332 e. The Hall–Kier alpha value is -2.42. The molecule has 1 unspecified atom stereocenters. The topological polar surface area (TPSA) is 50.2 Å². The van der Waals surface area contributed by atoms with E-state index in [1.54, 1.807) is 6.20 Å². The minimum Gasteiger partial charge on any atom is -0.478 e. The fraction of sp³-hybridized carbons (Fsp3) is 0.300. The first-order valence-corrected chi connectivity index (χ1v) is 7.96. The van der Waals surface area contributed by atoms with Crippen molar-refractivity contribution < 1.29 is 9.90 Å². The van der Waals surface area contributed by atoms with Crippen LogP contribution in [0.15, 0.2) is 42.1 Å². The molecule has 0 amide bonds. The number of pyridine rings is 1. The Kier molecular flexibility index (Phi) is 4.03. The molecule has 0 bridgehead atoms. The Bertz CT molecular complexity index is 776. The predicted molar refractivity (Wildman–Crippen MR) is 91.6 cm³/mol. The SMILES string of the molecule is Cc1cc2c(c(C(C)C)c1)C(Cc1ccccn1)C(C(=O)O)=C2. The second-order valence-corrected chi connectivity index (χ2v) is 6.49. The second-order valence-electron chi connectivity index (χ2n) is 6.49. The first-order chi connectivity index (χ1) is 11.0. The highest BCUT2D eigenvalue weighted by atomic mass is 16.4. The van der Waals surface area contributed by atoms with Gasteiger partial charge in [-0.1, -0.05) is 37.6 Å². The minimum atomic E-state index is -0.838. The molecule has 0 radical (unpaired) electrons. The van der Waals surface area contributed by atoms with Crippen LogP contribution in [0.2, 0.25) is 0 Å². The van der Waals surface area contributed by atoms with Crippen molar-refractivity contribution in [3.8, 4) is 0 Å². The Morgan fingerprint density at radius 3 is 2.70 bits per heavy atom. The number of fused-ring (bicyclic) bond motifs is 1. The van der Waals surface area contributed by atoms with Gasteiger partial charge >= 0.3 is 5.97 Å². The van der Waals surface area contributed by atoms with Crippen LogP contribution in [0.4, 0.5) is 0 Å². The predicted octanol–water partition coefficient (Wildman–Crippen LogP) is 4.32. The molecule has 0 saturated carbocycles. The van der Waals surface area contributed by atoms with Crippen LogP contribution in [0.25, 0.3) is 6.08 Å². The Morgan fingerprint density at radius 2 is 2.09 bits per heavy atom. The summed E-state index contributed by atoms with van der Waals surface area (Å²) in [5.74, 6) is -0.610. The fourth-order valence-corrected chi connectivity index (χ4v) is 3.43. The maximum Gasteiger partial charge on any atom is 0.332 e. The number of carbonyl (C=O) groups is 1. The van der Waals surface area contributed by atoms with Gasteiger partial charge in [0.25, 0.3) is 0 Å². The molecule has 1 aliphatic rings. The summed E-state index contributed by atoms with van der Waals surface area (Å²) < 4.78 is 0. The van der Waals surface area contributed by atoms with Gasteiger partial charge in [-0.3, -0.25) is 4.98 Å². The standard InChI is InChI=1S/C20H21NO2/c1-12(2)16-9-13(3)8-14-10-18(20(22)23)17(19(14)16)11-15-6-4-5-7-21-15/h4-10,12,17H,11H2,1-3H3,(H,22,23). The number of hydrogen-bond donors (Lipinski definition) is 1. The fourth-order valence-electron chi connectivity index (χ4n) is 3.43. The molecule has 23 heavy (non-hydrogen) atoms. The molecular formula is C20H21NO2. The van der Waals surface area contributed by atoms with Crippen LogP contribution in [-0.2, 0) is 11.2 Å². The molecule has 118 valence electrons. The number of aryl methyl sites for hydroxylation is 1. The molecule has 2 aromatic rings. The van der Waals surface area contributed by atoms with Crippen molar-refractivity contribution in [2.24, 2.45) is 0 Å². The quantitative estimate of drug-likeness (QED) is 0.915. The molecule has 0 aliphatic heterocycles. The lowest BCUT2D eigenvalue weighted by Crippen LogP contribution is -2.13. The summed E-state index contributed by atoms with van der Waals surface area (Å²) in [6.07, 6.45) is 4.22. The molecular weight excluding hydrogens is 286 g/mol. The minimum absolute atomic E-state index is 0.129. The number of nitrogens with zero attached hydrogens (tertiary/aromatic N) is 1. The third-order valence-electron chi connectivity index (χ3n) is 4.43. The molecule has 1 atom stereocenters. The summed E-state index contributed by atoms with van der Waals surface area (Å²) in [6, 6.07) is 10.1. The van der Waals surface area contributed by atoms with E-state index in [0.717, 1.165) is 16.8 Å². The maximum atomic E-state index is 11.7. The van der Waals surface area contributed by atoms with E-state index in [-0.39, 0.29) is 5.92 Å². The normalized spacial score (nSPS) is 16.3. The third-order valence-corrected chi connectivity index (χ3v) is 4.43. The van der Waals surface area contributed by atoms with Crippen LogP contribution in [0.3, 0.4) is 0 Å². The van der Waals surface area contributed by atoms with Crippen LogP contribution in [-0.4, -0.2) is 16.1 Å². The van der Waals surface area contributed by atoms with Gasteiger partial charge in [0.1, 0.15) is 0 Å². The molecule has 0 fully saturated rings. The van der Waals surface area contributed by atoms with Gasteiger partial charge in [-0.05, 0) is 47.7 Å². The summed E-state index contributed by atoms with van der Waals surface area (Å²) in [5.41, 5.74) is 6.02. The summed E-state index contributed by atoms with van der Waals surface area (Å²) in [6.45, 7) is 6.38. The number of aliphatic carboxylic acids is 1. The van der Waals surface area contributed by atoms with Crippen molar-refractivity contribution >= 4 is 12.0 Å². The van der Waals surface area contributed by atoms with E-state index in [0.29, 0.717) is 17.9 Å². The zero-order valence-corrected chi connectivity index (χ0v) is 13.7. The highest BCUT2D eigenvalue weighted by Gasteiger charge is 2.32. The van der Waals surface area contributed by atoms with Crippen molar-refractivity contribution in [2.45, 2.75) is 39.0 Å². The summed E-state index contributed by atoms with van der Waals surface area (Å²) in [7, 11) is 0. The molecule has 1 N–H and O–H groups in total. The molecule has 1 heterocycles. The van der Waals surface area contributed by atoms with E-state index in [9.17, 15) is 9.90 Å². The van der Waals surface area contributed by atoms with Gasteiger partial charge in [0, 0.05) is 29.8 Å². The van der Waals surface area contributed by atoms with Crippen molar-refractivity contribution in [3.63, 3.8) is 0 Å². The second kappa shape index (κ2) is 5.99. The van der Waals surface area contributed by atoms with Crippen LogP contribution < -0.4 is 0 Å². The zero-order valence-electron chi connectivity index (χ0n) is 13.7. The summed E-state index contributed by atoms with van der Waals surface area (Å²) >= 11 is 0. The van der Waals surface area contributed by atoms with Gasteiger partial charge in [-0.15, -0.1) is 0 Å². The average Bonchev–Trinajstić information content (AvgIpc) is 2.86. The van der Waals surface area contributed by atoms with Crippen molar-refractivity contribution in [2.75, 3.05) is 0 Å². The monoisotopic (exact) mass is 307 g/mol. The average molecular weight is 307 g/mol. The first-order valence-electron chi connectivity index (χ1n) is 7.96. The lowest BCUT2D eigenvalue weighted by Gasteiger charge is -2.20. The number of aromatic nitrogens is 1. The van der Waals surface area contributed by atoms with Crippen LogP contribution in [0.1, 0.15) is 53.6 Å². The number of benzene rings is 1. The maximum absolute atomic E-state index is 11.7. The Balaban J connectivity index is 2.11. The molecule has 3 heteroatoms. The van der Waals surface area contributed by atoms with Crippen molar-refractivity contribution in [3.05, 3.63) is 70.0 Å². The molecule has 3 nitrogen and oxygen atoms in total. The van der Waals surface area contributed by atoms with Crippen LogP contribution in [0.5, 0.6) is 0 Å². The van der Waals surface area contributed by atoms with Gasteiger partial charge < -0.3 is 5.11 Å². The Morgan fingerprint density at radius 1 is 1.30 bits per heavy atom. The molecule has 1 aliphatic carbocycles. The van der Waals surface area contributed by atoms with Crippen LogP contribution in [0, 0.1) is 6.92 Å². The largest absolute Gasteiger partial charge is 0.478 e. The van der Waals surface area contributed by atoms with E-state index in [4.69, 9.17) is 0 Å². The lowest BCUT2D eigenvalue weighted by molar-refractivity contribution is -0.132. The number of rotatable bonds is 4. The number of hydrogen-bond acceptors (Lipinski definition) is 2. The van der Waals surface area contributed by atoms with Gasteiger partial charge in [0.05, 0.1) is 0 Å². The van der Waals surface area contributed by atoms with E-state index >= 15 is 0 Å². The van der Waals surface area contributed by atoms with Gasteiger partial charge in [-0.2, -0.15) is 0 Å². The third kappa shape index (κ3) is 2.91. The van der Waals surface area contributed by atoms with Gasteiger partial charge in [-0.25, -0.2) is 4.79 Å². The Labute approximate surface area is 136 Å². The molecule has 0 saturated heterocycles. The molecule has 3 rings (SSSR count). The highest BCUT2D eigenvalue weighted by molar-refractivity contribution is 5.97. The molecule has 1 aromatic heterocycles. The number of carboxylic acids is 1.